The molecule has 29 heavy (non-hydrogen) atoms. The van der Waals surface area contributed by atoms with Gasteiger partial charge in [0.05, 0.1) is 6.54 Å². The Morgan fingerprint density at radius 3 is 2.14 bits per heavy atom. The van der Waals surface area contributed by atoms with Gasteiger partial charge < -0.3 is 15.2 Å². The molecule has 0 saturated heterocycles. The van der Waals surface area contributed by atoms with E-state index in [4.69, 9.17) is 9.52 Å². The van der Waals surface area contributed by atoms with Crippen LogP contribution in [0, 0.1) is 6.92 Å². The molecule has 2 aromatic carbocycles. The van der Waals surface area contributed by atoms with Gasteiger partial charge in [0.1, 0.15) is 0 Å². The maximum absolute atomic E-state index is 5.16. The molecule has 3 aromatic rings. The van der Waals surface area contributed by atoms with Gasteiger partial charge in [-0.25, -0.2) is 0 Å². The van der Waals surface area contributed by atoms with E-state index in [1.807, 2.05) is 19.1 Å². The van der Waals surface area contributed by atoms with Crippen molar-refractivity contribution >= 4 is 29.9 Å². The molecule has 0 saturated carbocycles. The Hall–Kier alpha value is -2.42. The molecule has 1 heterocycles. The van der Waals surface area contributed by atoms with Crippen LogP contribution in [-0.4, -0.2) is 35.7 Å². The van der Waals surface area contributed by atoms with E-state index in [-0.39, 0.29) is 29.9 Å². The Labute approximate surface area is 189 Å². The number of nitrogens with one attached hydrogen (secondary N) is 2. The van der Waals surface area contributed by atoms with Crippen molar-refractivity contribution in [3.05, 3.63) is 83.5 Å². The zero-order valence-electron chi connectivity index (χ0n) is 16.8. The number of guanidine groups is 1. The van der Waals surface area contributed by atoms with Crippen LogP contribution < -0.4 is 10.6 Å². The minimum atomic E-state index is 0. The van der Waals surface area contributed by atoms with E-state index < -0.39 is 0 Å². The SMILES string of the molecule is CCNC(=NCC(c1ccccc1)c1ccccc1)NCCc1nc(C)no1.I. The lowest BCUT2D eigenvalue weighted by molar-refractivity contribution is 0.374. The molecule has 0 radical (unpaired) electrons. The van der Waals surface area contributed by atoms with Gasteiger partial charge in [-0.2, -0.15) is 4.98 Å². The Morgan fingerprint density at radius 1 is 1.00 bits per heavy atom. The van der Waals surface area contributed by atoms with Gasteiger partial charge >= 0.3 is 0 Å². The molecule has 7 heteroatoms. The molecular weight excluding hydrogens is 477 g/mol. The average molecular weight is 505 g/mol. The number of halogens is 1. The fourth-order valence-corrected chi connectivity index (χ4v) is 3.03. The maximum atomic E-state index is 5.16. The smallest absolute Gasteiger partial charge is 0.228 e. The van der Waals surface area contributed by atoms with Crippen LogP contribution in [-0.2, 0) is 6.42 Å². The Balaban J connectivity index is 0.00000300. The van der Waals surface area contributed by atoms with Gasteiger partial charge in [-0.1, -0.05) is 65.8 Å². The number of benzene rings is 2. The third kappa shape index (κ3) is 7.16. The number of hydrogen-bond acceptors (Lipinski definition) is 4. The standard InChI is InChI=1S/C22H27N5O.HI/c1-3-23-22(24-15-14-21-26-17(2)27-28-21)25-16-20(18-10-6-4-7-11-18)19-12-8-5-9-13-19;/h4-13,20H,3,14-16H2,1-2H3,(H2,23,24,25);1H. The molecule has 0 unspecified atom stereocenters. The number of aliphatic imine (C=N–C) groups is 1. The molecule has 0 aliphatic carbocycles. The van der Waals surface area contributed by atoms with Crippen LogP contribution in [0.5, 0.6) is 0 Å². The molecule has 0 bridgehead atoms. The quantitative estimate of drug-likeness (QED) is 0.276. The fraction of sp³-hybridized carbons (Fsp3) is 0.318. The van der Waals surface area contributed by atoms with Crippen LogP contribution in [0.3, 0.4) is 0 Å². The van der Waals surface area contributed by atoms with E-state index >= 15 is 0 Å². The first-order valence-electron chi connectivity index (χ1n) is 9.67. The van der Waals surface area contributed by atoms with E-state index in [0.29, 0.717) is 31.2 Å². The summed E-state index contributed by atoms with van der Waals surface area (Å²) < 4.78 is 5.16. The number of aromatic nitrogens is 2. The lowest BCUT2D eigenvalue weighted by atomic mass is 9.91. The molecule has 3 rings (SSSR count). The average Bonchev–Trinajstić information content (AvgIpc) is 3.15. The van der Waals surface area contributed by atoms with Crippen LogP contribution in [0.15, 0.2) is 70.2 Å². The molecule has 0 spiro atoms. The third-order valence-electron chi connectivity index (χ3n) is 4.38. The summed E-state index contributed by atoms with van der Waals surface area (Å²) >= 11 is 0. The van der Waals surface area contributed by atoms with Crippen molar-refractivity contribution in [3.8, 4) is 0 Å². The van der Waals surface area contributed by atoms with Gasteiger partial charge in [-0.15, -0.1) is 24.0 Å². The largest absolute Gasteiger partial charge is 0.357 e. The minimum absolute atomic E-state index is 0. The van der Waals surface area contributed by atoms with Gasteiger partial charge in [0.25, 0.3) is 0 Å². The first kappa shape index (κ1) is 22.9. The summed E-state index contributed by atoms with van der Waals surface area (Å²) in [5.41, 5.74) is 2.52. The molecule has 0 atom stereocenters. The number of rotatable bonds is 8. The van der Waals surface area contributed by atoms with E-state index in [1.54, 1.807) is 0 Å². The Morgan fingerprint density at radius 2 is 1.62 bits per heavy atom. The molecule has 0 fully saturated rings. The molecule has 0 amide bonds. The summed E-state index contributed by atoms with van der Waals surface area (Å²) in [6, 6.07) is 21.0. The highest BCUT2D eigenvalue weighted by Gasteiger charge is 2.14. The topological polar surface area (TPSA) is 75.3 Å². The summed E-state index contributed by atoms with van der Waals surface area (Å²) in [4.78, 5) is 9.06. The lowest BCUT2D eigenvalue weighted by Gasteiger charge is -2.17. The van der Waals surface area contributed by atoms with E-state index in [0.717, 1.165) is 12.5 Å². The van der Waals surface area contributed by atoms with Gasteiger partial charge in [0.2, 0.25) is 5.89 Å². The highest BCUT2D eigenvalue weighted by atomic mass is 127. The summed E-state index contributed by atoms with van der Waals surface area (Å²) in [6.07, 6.45) is 0.659. The number of nitrogens with zero attached hydrogens (tertiary/aromatic N) is 3. The van der Waals surface area contributed by atoms with E-state index in [9.17, 15) is 0 Å². The third-order valence-corrected chi connectivity index (χ3v) is 4.38. The first-order valence-corrected chi connectivity index (χ1v) is 9.67. The molecule has 0 aliphatic rings. The zero-order chi connectivity index (χ0) is 19.6. The second-order valence-corrected chi connectivity index (χ2v) is 6.51. The fourth-order valence-electron chi connectivity index (χ4n) is 3.03. The van der Waals surface area contributed by atoms with Crippen LogP contribution in [0.4, 0.5) is 0 Å². The highest BCUT2D eigenvalue weighted by molar-refractivity contribution is 14.0. The highest BCUT2D eigenvalue weighted by Crippen LogP contribution is 2.24. The maximum Gasteiger partial charge on any atom is 0.228 e. The molecule has 154 valence electrons. The molecular formula is C22H28IN5O. The first-order chi connectivity index (χ1) is 13.8. The lowest BCUT2D eigenvalue weighted by Crippen LogP contribution is -2.38. The van der Waals surface area contributed by atoms with E-state index in [2.05, 4.69) is 76.2 Å². The number of hydrogen-bond donors (Lipinski definition) is 2. The molecule has 0 aliphatic heterocycles. The summed E-state index contributed by atoms with van der Waals surface area (Å²) in [5, 5.41) is 10.5. The predicted molar refractivity (Wildman–Crippen MR) is 127 cm³/mol. The predicted octanol–water partition coefficient (Wildman–Crippen LogP) is 3.93. The monoisotopic (exact) mass is 505 g/mol. The summed E-state index contributed by atoms with van der Waals surface area (Å²) in [7, 11) is 0. The molecule has 2 N–H and O–H groups in total. The minimum Gasteiger partial charge on any atom is -0.357 e. The summed E-state index contributed by atoms with van der Waals surface area (Å²) in [6.45, 7) is 6.01. The van der Waals surface area contributed by atoms with Crippen molar-refractivity contribution in [1.82, 2.24) is 20.8 Å². The van der Waals surface area contributed by atoms with Crippen molar-refractivity contribution in [1.29, 1.82) is 0 Å². The van der Waals surface area contributed by atoms with Gasteiger partial charge in [-0.3, -0.25) is 4.99 Å². The van der Waals surface area contributed by atoms with Gasteiger partial charge in [-0.05, 0) is 25.0 Å². The van der Waals surface area contributed by atoms with Gasteiger partial charge in [0.15, 0.2) is 11.8 Å². The number of aryl methyl sites for hydroxylation is 1. The van der Waals surface area contributed by atoms with Crippen LogP contribution in [0.2, 0.25) is 0 Å². The Bertz CT molecular complexity index is 828. The van der Waals surface area contributed by atoms with Crippen molar-refractivity contribution in [2.24, 2.45) is 4.99 Å². The second kappa shape index (κ2) is 12.2. The van der Waals surface area contributed by atoms with Crippen molar-refractivity contribution in [3.63, 3.8) is 0 Å². The second-order valence-electron chi connectivity index (χ2n) is 6.51. The van der Waals surface area contributed by atoms with Crippen LogP contribution >= 0.6 is 24.0 Å². The summed E-state index contributed by atoms with van der Waals surface area (Å²) in [5.74, 6) is 2.28. The van der Waals surface area contributed by atoms with Gasteiger partial charge in [0, 0.05) is 25.4 Å². The van der Waals surface area contributed by atoms with Crippen LogP contribution in [0.25, 0.3) is 0 Å². The van der Waals surface area contributed by atoms with E-state index in [1.165, 1.54) is 11.1 Å². The van der Waals surface area contributed by atoms with Crippen LogP contribution in [0.1, 0.15) is 35.7 Å². The van der Waals surface area contributed by atoms with Crippen molar-refractivity contribution in [2.75, 3.05) is 19.6 Å². The normalized spacial score (nSPS) is 11.2. The Kier molecular flexibility index (Phi) is 9.63. The zero-order valence-corrected chi connectivity index (χ0v) is 19.2. The molecule has 1 aromatic heterocycles. The molecule has 6 nitrogen and oxygen atoms in total. The van der Waals surface area contributed by atoms with Crippen molar-refractivity contribution < 1.29 is 4.52 Å². The van der Waals surface area contributed by atoms with Crippen molar-refractivity contribution in [2.45, 2.75) is 26.2 Å².